The second-order valence-corrected chi connectivity index (χ2v) is 5.00. The molecule has 0 radical (unpaired) electrons. The molecule has 0 fully saturated rings. The molecule has 1 atom stereocenters. The van der Waals surface area contributed by atoms with E-state index < -0.39 is 0 Å². The molecule has 0 aliphatic heterocycles. The lowest BCUT2D eigenvalue weighted by Crippen LogP contribution is -2.12. The predicted octanol–water partition coefficient (Wildman–Crippen LogP) is 3.03. The largest absolute Gasteiger partial charge is 0.491 e. The Morgan fingerprint density at radius 1 is 1.33 bits per heavy atom. The highest BCUT2D eigenvalue weighted by molar-refractivity contribution is 5.96. The third-order valence-corrected chi connectivity index (χ3v) is 2.79. The lowest BCUT2D eigenvalue weighted by Gasteiger charge is -2.11. The Balaban J connectivity index is 2.62. The number of ketones is 1. The highest BCUT2D eigenvalue weighted by Crippen LogP contribution is 2.17. The maximum atomic E-state index is 12.0. The van der Waals surface area contributed by atoms with E-state index in [0.29, 0.717) is 18.9 Å². The van der Waals surface area contributed by atoms with Crippen LogP contribution in [-0.2, 0) is 0 Å². The average Bonchev–Trinajstić information content (AvgIpc) is 2.35. The number of hydrogen-bond donors (Lipinski definition) is 1. The van der Waals surface area contributed by atoms with Gasteiger partial charge < -0.3 is 10.5 Å². The molecule has 0 aromatic heterocycles. The average molecular weight is 249 g/mol. The van der Waals surface area contributed by atoms with Crippen molar-refractivity contribution in [2.24, 2.45) is 11.7 Å². The maximum Gasteiger partial charge on any atom is 0.163 e. The van der Waals surface area contributed by atoms with E-state index in [4.69, 9.17) is 10.5 Å². The Labute approximate surface area is 109 Å². The highest BCUT2D eigenvalue weighted by atomic mass is 16.5. The first-order valence-corrected chi connectivity index (χ1v) is 6.53. The van der Waals surface area contributed by atoms with Gasteiger partial charge in [0.05, 0.1) is 6.10 Å². The van der Waals surface area contributed by atoms with Crippen LogP contribution in [0.4, 0.5) is 0 Å². The first-order chi connectivity index (χ1) is 8.52. The van der Waals surface area contributed by atoms with Gasteiger partial charge in [-0.1, -0.05) is 19.1 Å². The third kappa shape index (κ3) is 4.88. The number of carbonyl (C=O) groups excluding carboxylic acids is 1. The van der Waals surface area contributed by atoms with Crippen LogP contribution in [0.25, 0.3) is 0 Å². The third-order valence-electron chi connectivity index (χ3n) is 2.79. The van der Waals surface area contributed by atoms with Crippen molar-refractivity contribution in [2.45, 2.75) is 39.7 Å². The van der Waals surface area contributed by atoms with Gasteiger partial charge in [-0.05, 0) is 44.9 Å². The Hall–Kier alpha value is -1.35. The molecule has 0 amide bonds. The van der Waals surface area contributed by atoms with Crippen LogP contribution in [0.5, 0.6) is 5.75 Å². The van der Waals surface area contributed by atoms with Crippen LogP contribution in [0.1, 0.15) is 44.0 Å². The number of rotatable bonds is 7. The molecule has 18 heavy (non-hydrogen) atoms. The molecule has 3 nitrogen and oxygen atoms in total. The molecule has 100 valence electrons. The molecule has 0 bridgehead atoms. The van der Waals surface area contributed by atoms with Gasteiger partial charge in [0.25, 0.3) is 0 Å². The van der Waals surface area contributed by atoms with Crippen molar-refractivity contribution < 1.29 is 9.53 Å². The van der Waals surface area contributed by atoms with Crippen LogP contribution in [-0.4, -0.2) is 18.4 Å². The summed E-state index contributed by atoms with van der Waals surface area (Å²) >= 11 is 0. The van der Waals surface area contributed by atoms with Crippen molar-refractivity contribution in [1.82, 2.24) is 0 Å². The summed E-state index contributed by atoms with van der Waals surface area (Å²) < 4.78 is 5.58. The van der Waals surface area contributed by atoms with Gasteiger partial charge in [0.15, 0.2) is 5.78 Å². The Bertz CT molecular complexity index is 388. The van der Waals surface area contributed by atoms with Crippen LogP contribution >= 0.6 is 0 Å². The minimum Gasteiger partial charge on any atom is -0.491 e. The van der Waals surface area contributed by atoms with E-state index in [1.807, 2.05) is 38.1 Å². The zero-order valence-electron chi connectivity index (χ0n) is 11.5. The molecule has 2 N–H and O–H groups in total. The molecule has 0 aliphatic carbocycles. The summed E-state index contributed by atoms with van der Waals surface area (Å²) in [5, 5.41) is 0. The summed E-state index contributed by atoms with van der Waals surface area (Å²) in [5.74, 6) is 1.30. The molecule has 0 spiro atoms. The smallest absolute Gasteiger partial charge is 0.163 e. The van der Waals surface area contributed by atoms with Gasteiger partial charge >= 0.3 is 0 Å². The number of hydrogen-bond acceptors (Lipinski definition) is 3. The summed E-state index contributed by atoms with van der Waals surface area (Å²) in [6.07, 6.45) is 1.50. The standard InChI is InChI=1S/C15H23NO2/c1-11(2)18-14-6-4-5-13(9-14)15(17)8-7-12(3)10-16/h4-6,9,11-12H,7-8,10,16H2,1-3H3. The van der Waals surface area contributed by atoms with Gasteiger partial charge in [0, 0.05) is 12.0 Å². The molecule has 0 saturated carbocycles. The number of benzene rings is 1. The topological polar surface area (TPSA) is 52.3 Å². The first-order valence-electron chi connectivity index (χ1n) is 6.53. The number of ether oxygens (including phenoxy) is 1. The van der Waals surface area contributed by atoms with Crippen LogP contribution < -0.4 is 10.5 Å². The molecule has 1 rings (SSSR count). The molecule has 0 saturated heterocycles. The van der Waals surface area contributed by atoms with E-state index in [1.165, 1.54) is 0 Å². The molecular weight excluding hydrogens is 226 g/mol. The van der Waals surface area contributed by atoms with Gasteiger partial charge in [-0.15, -0.1) is 0 Å². The fourth-order valence-electron chi connectivity index (χ4n) is 1.65. The molecule has 1 aromatic carbocycles. The van der Waals surface area contributed by atoms with Gasteiger partial charge in [-0.25, -0.2) is 0 Å². The van der Waals surface area contributed by atoms with Crippen molar-refractivity contribution >= 4 is 5.78 Å². The van der Waals surface area contributed by atoms with Gasteiger partial charge in [-0.3, -0.25) is 4.79 Å². The van der Waals surface area contributed by atoms with Crippen LogP contribution in [0.2, 0.25) is 0 Å². The van der Waals surface area contributed by atoms with Crippen molar-refractivity contribution in [3.8, 4) is 5.75 Å². The normalized spacial score (nSPS) is 12.5. The predicted molar refractivity (Wildman–Crippen MR) is 74.0 cm³/mol. The Morgan fingerprint density at radius 3 is 2.67 bits per heavy atom. The van der Waals surface area contributed by atoms with Gasteiger partial charge in [0.2, 0.25) is 0 Å². The molecule has 0 heterocycles. The van der Waals surface area contributed by atoms with E-state index in [9.17, 15) is 4.79 Å². The van der Waals surface area contributed by atoms with E-state index in [-0.39, 0.29) is 11.9 Å². The SMILES string of the molecule is CC(CN)CCC(=O)c1cccc(OC(C)C)c1. The van der Waals surface area contributed by atoms with E-state index in [2.05, 4.69) is 6.92 Å². The van der Waals surface area contributed by atoms with Crippen molar-refractivity contribution in [1.29, 1.82) is 0 Å². The summed E-state index contributed by atoms with van der Waals surface area (Å²) in [7, 11) is 0. The molecule has 1 aromatic rings. The van der Waals surface area contributed by atoms with E-state index in [1.54, 1.807) is 0 Å². The van der Waals surface area contributed by atoms with Crippen LogP contribution in [0.3, 0.4) is 0 Å². The van der Waals surface area contributed by atoms with Crippen LogP contribution in [0, 0.1) is 5.92 Å². The summed E-state index contributed by atoms with van der Waals surface area (Å²) in [6.45, 7) is 6.63. The Kier molecular flexibility index (Phi) is 5.86. The van der Waals surface area contributed by atoms with E-state index >= 15 is 0 Å². The van der Waals surface area contributed by atoms with E-state index in [0.717, 1.165) is 17.7 Å². The maximum absolute atomic E-state index is 12.0. The zero-order valence-corrected chi connectivity index (χ0v) is 11.5. The molecular formula is C15H23NO2. The fraction of sp³-hybridized carbons (Fsp3) is 0.533. The quantitative estimate of drug-likeness (QED) is 0.756. The van der Waals surface area contributed by atoms with Crippen LogP contribution in [0.15, 0.2) is 24.3 Å². The van der Waals surface area contributed by atoms with Gasteiger partial charge in [0.1, 0.15) is 5.75 Å². The molecule has 3 heteroatoms. The summed E-state index contributed by atoms with van der Waals surface area (Å²) in [6, 6.07) is 7.38. The zero-order chi connectivity index (χ0) is 13.5. The second kappa shape index (κ2) is 7.17. The second-order valence-electron chi connectivity index (χ2n) is 5.00. The minimum atomic E-state index is 0.118. The lowest BCUT2D eigenvalue weighted by molar-refractivity contribution is 0.0974. The number of carbonyl (C=O) groups is 1. The molecule has 1 unspecified atom stereocenters. The van der Waals surface area contributed by atoms with Crippen molar-refractivity contribution in [3.63, 3.8) is 0 Å². The van der Waals surface area contributed by atoms with Gasteiger partial charge in [-0.2, -0.15) is 0 Å². The number of nitrogens with two attached hydrogens (primary N) is 1. The highest BCUT2D eigenvalue weighted by Gasteiger charge is 2.09. The monoisotopic (exact) mass is 249 g/mol. The lowest BCUT2D eigenvalue weighted by atomic mass is 10.00. The summed E-state index contributed by atoms with van der Waals surface area (Å²) in [4.78, 5) is 12.0. The number of Topliss-reactive ketones (excluding diaryl/α,β-unsaturated/α-hetero) is 1. The van der Waals surface area contributed by atoms with Crippen molar-refractivity contribution in [3.05, 3.63) is 29.8 Å². The first kappa shape index (κ1) is 14.7. The molecule has 0 aliphatic rings. The van der Waals surface area contributed by atoms with Crippen molar-refractivity contribution in [2.75, 3.05) is 6.54 Å². The fourth-order valence-corrected chi connectivity index (χ4v) is 1.65. The summed E-state index contributed by atoms with van der Waals surface area (Å²) in [5.41, 5.74) is 6.26. The minimum absolute atomic E-state index is 0.118. The Morgan fingerprint density at radius 2 is 2.06 bits per heavy atom.